The minimum Gasteiger partial charge on any atom is -0.351 e. The van der Waals surface area contributed by atoms with E-state index in [1.54, 1.807) is 0 Å². The number of likely N-dealkylation sites (tertiary alicyclic amines) is 1. The number of carbonyl (C=O) groups excluding carboxylic acids is 2. The summed E-state index contributed by atoms with van der Waals surface area (Å²) in [5.41, 5.74) is 2.43. The second-order valence-corrected chi connectivity index (χ2v) is 5.73. The maximum Gasteiger partial charge on any atom is 0.224 e. The van der Waals surface area contributed by atoms with E-state index in [1.807, 2.05) is 17.0 Å². The monoisotopic (exact) mass is 288 g/mol. The van der Waals surface area contributed by atoms with Crippen molar-refractivity contribution < 1.29 is 9.59 Å². The number of nitrogens with zero attached hydrogens (tertiary/aromatic N) is 1. The molecule has 4 heteroatoms. The first-order valence-electron chi connectivity index (χ1n) is 7.71. The number of aryl methyl sites for hydroxylation is 2. The molecule has 21 heavy (non-hydrogen) atoms. The average molecular weight is 288 g/mol. The molecule has 114 valence electrons. The molecule has 2 rings (SSSR count). The minimum absolute atomic E-state index is 0.0200. The van der Waals surface area contributed by atoms with Gasteiger partial charge < -0.3 is 10.2 Å². The molecule has 1 aromatic rings. The van der Waals surface area contributed by atoms with E-state index in [2.05, 4.69) is 31.3 Å². The number of benzene rings is 1. The molecule has 1 aliphatic rings. The Bertz CT molecular complexity index is 513. The van der Waals surface area contributed by atoms with Gasteiger partial charge in [0, 0.05) is 25.9 Å². The van der Waals surface area contributed by atoms with Crippen LogP contribution in [0.15, 0.2) is 24.3 Å². The number of nitrogens with one attached hydrogen (secondary N) is 1. The van der Waals surface area contributed by atoms with Gasteiger partial charge >= 0.3 is 0 Å². The third-order valence-electron chi connectivity index (χ3n) is 3.96. The van der Waals surface area contributed by atoms with E-state index < -0.39 is 0 Å². The van der Waals surface area contributed by atoms with Gasteiger partial charge in [0.2, 0.25) is 11.8 Å². The van der Waals surface area contributed by atoms with Gasteiger partial charge in [0.15, 0.2) is 0 Å². The van der Waals surface area contributed by atoms with Crippen LogP contribution in [-0.4, -0.2) is 35.8 Å². The fourth-order valence-electron chi connectivity index (χ4n) is 2.79. The van der Waals surface area contributed by atoms with Crippen molar-refractivity contribution in [2.75, 3.05) is 13.1 Å². The molecule has 4 nitrogen and oxygen atoms in total. The summed E-state index contributed by atoms with van der Waals surface area (Å²) in [7, 11) is 0. The smallest absolute Gasteiger partial charge is 0.224 e. The summed E-state index contributed by atoms with van der Waals surface area (Å²) in [5, 5.41) is 2.99. The Hall–Kier alpha value is -1.84. The minimum atomic E-state index is -0.0200. The second kappa shape index (κ2) is 7.25. The van der Waals surface area contributed by atoms with Crippen molar-refractivity contribution in [1.82, 2.24) is 10.2 Å². The van der Waals surface area contributed by atoms with Gasteiger partial charge in [-0.15, -0.1) is 0 Å². The van der Waals surface area contributed by atoms with Gasteiger partial charge in [-0.2, -0.15) is 0 Å². The van der Waals surface area contributed by atoms with Crippen molar-refractivity contribution >= 4 is 11.8 Å². The third-order valence-corrected chi connectivity index (χ3v) is 3.96. The van der Waals surface area contributed by atoms with Crippen LogP contribution in [0.1, 0.15) is 37.3 Å². The highest BCUT2D eigenvalue weighted by Gasteiger charge is 2.29. The Morgan fingerprint density at radius 3 is 2.86 bits per heavy atom. The fraction of sp³-hybridized carbons (Fsp3) is 0.529. The highest BCUT2D eigenvalue weighted by Crippen LogP contribution is 2.13. The van der Waals surface area contributed by atoms with E-state index in [0.717, 1.165) is 19.4 Å². The van der Waals surface area contributed by atoms with E-state index in [0.29, 0.717) is 19.4 Å². The zero-order chi connectivity index (χ0) is 15.2. The molecule has 1 atom stereocenters. The number of rotatable bonds is 6. The molecule has 0 aliphatic carbocycles. The van der Waals surface area contributed by atoms with Gasteiger partial charge in [0.05, 0.1) is 6.04 Å². The molecule has 0 spiro atoms. The Balaban J connectivity index is 1.78. The summed E-state index contributed by atoms with van der Waals surface area (Å²) in [4.78, 5) is 25.6. The zero-order valence-corrected chi connectivity index (χ0v) is 12.9. The molecule has 0 bridgehead atoms. The Morgan fingerprint density at radius 2 is 2.14 bits per heavy atom. The van der Waals surface area contributed by atoms with E-state index in [4.69, 9.17) is 0 Å². The molecule has 1 N–H and O–H groups in total. The maximum absolute atomic E-state index is 12.0. The molecule has 1 unspecified atom stereocenters. The topological polar surface area (TPSA) is 49.4 Å². The molecule has 1 aromatic carbocycles. The van der Waals surface area contributed by atoms with Gasteiger partial charge in [-0.1, -0.05) is 31.2 Å². The molecule has 1 aliphatic heterocycles. The van der Waals surface area contributed by atoms with Gasteiger partial charge in [-0.05, 0) is 30.9 Å². The molecular formula is C17H24N2O2. The van der Waals surface area contributed by atoms with Crippen molar-refractivity contribution in [3.8, 4) is 0 Å². The average Bonchev–Trinajstić information content (AvgIpc) is 2.78. The molecule has 1 fully saturated rings. The van der Waals surface area contributed by atoms with Crippen molar-refractivity contribution in [3.63, 3.8) is 0 Å². The molecule has 2 amide bonds. The first kappa shape index (κ1) is 15.5. The molecule has 1 saturated heterocycles. The Labute approximate surface area is 126 Å². The Kier molecular flexibility index (Phi) is 5.37. The van der Waals surface area contributed by atoms with Crippen molar-refractivity contribution in [3.05, 3.63) is 35.4 Å². The van der Waals surface area contributed by atoms with E-state index in [-0.39, 0.29) is 17.9 Å². The van der Waals surface area contributed by atoms with Crippen LogP contribution in [0.3, 0.4) is 0 Å². The maximum atomic E-state index is 12.0. The van der Waals surface area contributed by atoms with Crippen LogP contribution in [-0.2, 0) is 16.0 Å². The third kappa shape index (κ3) is 4.31. The van der Waals surface area contributed by atoms with E-state index in [9.17, 15) is 9.59 Å². The normalized spacial score (nSPS) is 18.1. The largest absolute Gasteiger partial charge is 0.351 e. The summed E-state index contributed by atoms with van der Waals surface area (Å²) in [6.45, 7) is 5.56. The summed E-state index contributed by atoms with van der Waals surface area (Å²) < 4.78 is 0. The van der Waals surface area contributed by atoms with Crippen molar-refractivity contribution in [1.29, 1.82) is 0 Å². The zero-order valence-electron chi connectivity index (χ0n) is 12.9. The lowest BCUT2D eigenvalue weighted by molar-refractivity contribution is -0.127. The van der Waals surface area contributed by atoms with Gasteiger partial charge in [-0.25, -0.2) is 0 Å². The van der Waals surface area contributed by atoms with Crippen molar-refractivity contribution in [2.45, 2.75) is 45.6 Å². The number of carbonyl (C=O) groups is 2. The lowest BCUT2D eigenvalue weighted by Crippen LogP contribution is -2.37. The predicted octanol–water partition coefficient (Wildman–Crippen LogP) is 2.05. The van der Waals surface area contributed by atoms with E-state index >= 15 is 0 Å². The van der Waals surface area contributed by atoms with Crippen molar-refractivity contribution in [2.24, 2.45) is 0 Å². The predicted molar refractivity (Wildman–Crippen MR) is 82.9 cm³/mol. The van der Waals surface area contributed by atoms with Gasteiger partial charge in [0.25, 0.3) is 0 Å². The quantitative estimate of drug-likeness (QED) is 0.871. The summed E-state index contributed by atoms with van der Waals surface area (Å²) in [6.07, 6.45) is 2.62. The standard InChI is InChI=1S/C17H24N2O2/c1-3-10-19-12-15(11-17(19)21)18-16(20)9-8-14-7-5-4-6-13(14)2/h4-7,15H,3,8-12H2,1-2H3,(H,18,20). The summed E-state index contributed by atoms with van der Waals surface area (Å²) in [5.74, 6) is 0.190. The van der Waals surface area contributed by atoms with Crippen LogP contribution in [0.2, 0.25) is 0 Å². The van der Waals surface area contributed by atoms with Gasteiger partial charge in [0.1, 0.15) is 0 Å². The first-order chi connectivity index (χ1) is 10.1. The number of hydrogen-bond donors (Lipinski definition) is 1. The van der Waals surface area contributed by atoms with Crippen LogP contribution < -0.4 is 5.32 Å². The molecule has 0 aromatic heterocycles. The van der Waals surface area contributed by atoms with Crippen LogP contribution >= 0.6 is 0 Å². The van der Waals surface area contributed by atoms with Crippen LogP contribution in [0.4, 0.5) is 0 Å². The molecule has 0 saturated carbocycles. The first-order valence-corrected chi connectivity index (χ1v) is 7.71. The van der Waals surface area contributed by atoms with Crippen LogP contribution in [0.25, 0.3) is 0 Å². The molecular weight excluding hydrogens is 264 g/mol. The Morgan fingerprint density at radius 1 is 1.38 bits per heavy atom. The molecule has 0 radical (unpaired) electrons. The van der Waals surface area contributed by atoms with E-state index in [1.165, 1.54) is 11.1 Å². The lowest BCUT2D eigenvalue weighted by Gasteiger charge is -2.16. The van der Waals surface area contributed by atoms with Crippen LogP contribution in [0, 0.1) is 6.92 Å². The van der Waals surface area contributed by atoms with Gasteiger partial charge in [-0.3, -0.25) is 9.59 Å². The van der Waals surface area contributed by atoms with Crippen LogP contribution in [0.5, 0.6) is 0 Å². The number of hydrogen-bond acceptors (Lipinski definition) is 2. The summed E-state index contributed by atoms with van der Waals surface area (Å²) >= 11 is 0. The SMILES string of the molecule is CCCN1CC(NC(=O)CCc2ccccc2C)CC1=O. The second-order valence-electron chi connectivity index (χ2n) is 5.73. The lowest BCUT2D eigenvalue weighted by atomic mass is 10.0. The molecule has 1 heterocycles. The highest BCUT2D eigenvalue weighted by molar-refractivity contribution is 5.82. The summed E-state index contributed by atoms with van der Waals surface area (Å²) in [6, 6.07) is 8.11. The number of amides is 2. The fourth-order valence-corrected chi connectivity index (χ4v) is 2.79. The highest BCUT2D eigenvalue weighted by atomic mass is 16.2.